The third-order valence-electron chi connectivity index (χ3n) is 4.97. The highest BCUT2D eigenvalue weighted by molar-refractivity contribution is 6.01. The monoisotopic (exact) mass is 302 g/mol. The van der Waals surface area contributed by atoms with Gasteiger partial charge in [-0.05, 0) is 51.4 Å². The van der Waals surface area contributed by atoms with Crippen LogP contribution in [0, 0.1) is 0 Å². The molecule has 1 aromatic rings. The molecule has 1 spiro atoms. The van der Waals surface area contributed by atoms with Crippen molar-refractivity contribution in [2.45, 2.75) is 44.2 Å². The Morgan fingerprint density at radius 2 is 1.95 bits per heavy atom. The quantitative estimate of drug-likeness (QED) is 0.874. The second-order valence-electron chi connectivity index (χ2n) is 6.48. The molecule has 1 fully saturated rings. The van der Waals surface area contributed by atoms with Crippen LogP contribution in [0.2, 0.25) is 0 Å². The number of hydrogen-bond donors (Lipinski definition) is 2. The lowest BCUT2D eigenvalue weighted by molar-refractivity contribution is -0.144. The molecule has 0 aliphatic carbocycles. The first-order chi connectivity index (χ1) is 10.5. The molecule has 1 saturated heterocycles. The summed E-state index contributed by atoms with van der Waals surface area (Å²) < 4.78 is 0. The predicted molar refractivity (Wildman–Crippen MR) is 83.0 cm³/mol. The molecule has 2 aliphatic rings. The van der Waals surface area contributed by atoms with Gasteiger partial charge in [-0.15, -0.1) is 0 Å². The minimum Gasteiger partial charge on any atom is -0.481 e. The summed E-state index contributed by atoms with van der Waals surface area (Å²) >= 11 is 0. The highest BCUT2D eigenvalue weighted by atomic mass is 16.4. The number of amides is 1. The van der Waals surface area contributed by atoms with Gasteiger partial charge >= 0.3 is 5.97 Å². The van der Waals surface area contributed by atoms with Crippen molar-refractivity contribution in [3.63, 3.8) is 0 Å². The number of aliphatic carboxylic acids is 1. The third kappa shape index (κ3) is 2.03. The summed E-state index contributed by atoms with van der Waals surface area (Å²) in [5, 5.41) is 13.2. The van der Waals surface area contributed by atoms with E-state index in [4.69, 9.17) is 0 Å². The molecule has 5 heteroatoms. The van der Waals surface area contributed by atoms with E-state index in [1.807, 2.05) is 24.8 Å². The largest absolute Gasteiger partial charge is 0.481 e. The van der Waals surface area contributed by atoms with Gasteiger partial charge in [0.25, 0.3) is 5.91 Å². The summed E-state index contributed by atoms with van der Waals surface area (Å²) in [6.45, 7) is 5.41. The van der Waals surface area contributed by atoms with Gasteiger partial charge in [-0.25, -0.2) is 0 Å². The lowest BCUT2D eigenvalue weighted by atomic mass is 9.67. The van der Waals surface area contributed by atoms with Crippen LogP contribution >= 0.6 is 0 Å². The number of benzene rings is 1. The normalized spacial score (nSPS) is 23.7. The van der Waals surface area contributed by atoms with Crippen LogP contribution in [0.5, 0.6) is 0 Å². The van der Waals surface area contributed by atoms with Gasteiger partial charge in [0.2, 0.25) is 0 Å². The second kappa shape index (κ2) is 5.39. The summed E-state index contributed by atoms with van der Waals surface area (Å²) in [5.74, 6) is -1.54. The van der Waals surface area contributed by atoms with Crippen LogP contribution in [0.4, 0.5) is 0 Å². The number of fused-ring (bicyclic) bond motifs is 1. The number of carboxylic acid groups (broad SMARTS) is 1. The Bertz CT molecular complexity index is 606. The van der Waals surface area contributed by atoms with Crippen LogP contribution in [0.1, 0.15) is 48.5 Å². The summed E-state index contributed by atoms with van der Waals surface area (Å²) in [6, 6.07) is 7.14. The molecule has 22 heavy (non-hydrogen) atoms. The summed E-state index contributed by atoms with van der Waals surface area (Å²) in [6.07, 6.45) is 1.34. The molecule has 5 nitrogen and oxygen atoms in total. The first kappa shape index (κ1) is 15.0. The third-order valence-corrected chi connectivity index (χ3v) is 4.97. The summed E-state index contributed by atoms with van der Waals surface area (Å²) in [5.41, 5.74) is 0.572. The Kier molecular flexibility index (Phi) is 3.68. The average Bonchev–Trinajstić information content (AvgIpc) is 2.47. The summed E-state index contributed by atoms with van der Waals surface area (Å²) in [7, 11) is 0. The molecule has 1 aromatic carbocycles. The number of piperidine rings is 1. The van der Waals surface area contributed by atoms with Crippen molar-refractivity contribution >= 4 is 11.9 Å². The van der Waals surface area contributed by atoms with Crippen molar-refractivity contribution in [3.8, 4) is 0 Å². The Labute approximate surface area is 130 Å². The van der Waals surface area contributed by atoms with E-state index in [0.717, 1.165) is 13.1 Å². The zero-order chi connectivity index (χ0) is 15.9. The zero-order valence-electron chi connectivity index (χ0n) is 13.0. The molecule has 0 aromatic heterocycles. The summed E-state index contributed by atoms with van der Waals surface area (Å²) in [4.78, 5) is 26.9. The fourth-order valence-corrected chi connectivity index (χ4v) is 4.20. The van der Waals surface area contributed by atoms with Crippen LogP contribution in [0.25, 0.3) is 0 Å². The maximum Gasteiger partial charge on any atom is 0.313 e. The number of carbonyl (C=O) groups excluding carboxylic acids is 1. The number of nitrogens with one attached hydrogen (secondary N) is 1. The molecule has 3 rings (SSSR count). The maximum atomic E-state index is 13.0. The molecule has 1 unspecified atom stereocenters. The molecule has 1 atom stereocenters. The van der Waals surface area contributed by atoms with Gasteiger partial charge in [-0.2, -0.15) is 0 Å². The van der Waals surface area contributed by atoms with Crippen molar-refractivity contribution in [2.24, 2.45) is 0 Å². The first-order valence-electron chi connectivity index (χ1n) is 7.85. The van der Waals surface area contributed by atoms with Crippen LogP contribution < -0.4 is 5.32 Å². The standard InChI is InChI=1S/C17H22N2O3/c1-11(2)19-15(20)13-6-4-3-5-12(13)14(16(21)22)17(19)7-9-18-10-8-17/h3-6,11,14,18H,7-10H2,1-2H3,(H,21,22). The number of rotatable bonds is 2. The van der Waals surface area contributed by atoms with Gasteiger partial charge in [-0.1, -0.05) is 18.2 Å². The van der Waals surface area contributed by atoms with Gasteiger partial charge in [-0.3, -0.25) is 9.59 Å². The minimum atomic E-state index is -0.840. The fourth-order valence-electron chi connectivity index (χ4n) is 4.20. The fraction of sp³-hybridized carbons (Fsp3) is 0.529. The Morgan fingerprint density at radius 3 is 2.55 bits per heavy atom. The van der Waals surface area contributed by atoms with E-state index in [0.29, 0.717) is 24.0 Å². The number of hydrogen-bond acceptors (Lipinski definition) is 3. The van der Waals surface area contributed by atoms with Crippen molar-refractivity contribution in [2.75, 3.05) is 13.1 Å². The topological polar surface area (TPSA) is 69.6 Å². The van der Waals surface area contributed by atoms with Crippen LogP contribution in [0.15, 0.2) is 24.3 Å². The van der Waals surface area contributed by atoms with E-state index < -0.39 is 17.4 Å². The second-order valence-corrected chi connectivity index (χ2v) is 6.48. The van der Waals surface area contributed by atoms with Crippen molar-refractivity contribution < 1.29 is 14.7 Å². The van der Waals surface area contributed by atoms with Gasteiger partial charge < -0.3 is 15.3 Å². The minimum absolute atomic E-state index is 0.0270. The smallest absolute Gasteiger partial charge is 0.313 e. The van der Waals surface area contributed by atoms with Gasteiger partial charge in [0.15, 0.2) is 0 Å². The Morgan fingerprint density at radius 1 is 1.32 bits per heavy atom. The first-order valence-corrected chi connectivity index (χ1v) is 7.85. The molecule has 2 aliphatic heterocycles. The van der Waals surface area contributed by atoms with Crippen LogP contribution in [0.3, 0.4) is 0 Å². The van der Waals surface area contributed by atoms with Crippen LogP contribution in [-0.4, -0.2) is 46.6 Å². The number of carbonyl (C=O) groups is 2. The van der Waals surface area contributed by atoms with Crippen molar-refractivity contribution in [1.82, 2.24) is 10.2 Å². The van der Waals surface area contributed by atoms with E-state index in [1.165, 1.54) is 0 Å². The number of carboxylic acids is 1. The average molecular weight is 302 g/mol. The predicted octanol–water partition coefficient (Wildman–Crippen LogP) is 1.84. The van der Waals surface area contributed by atoms with E-state index in [-0.39, 0.29) is 11.9 Å². The van der Waals surface area contributed by atoms with Crippen molar-refractivity contribution in [1.29, 1.82) is 0 Å². The van der Waals surface area contributed by atoms with Crippen molar-refractivity contribution in [3.05, 3.63) is 35.4 Å². The lowest BCUT2D eigenvalue weighted by Crippen LogP contribution is -2.65. The molecule has 118 valence electrons. The Hall–Kier alpha value is -1.88. The molecular weight excluding hydrogens is 280 g/mol. The molecule has 1 amide bonds. The van der Waals surface area contributed by atoms with E-state index in [9.17, 15) is 14.7 Å². The molecule has 0 saturated carbocycles. The maximum absolute atomic E-state index is 13.0. The van der Waals surface area contributed by atoms with Gasteiger partial charge in [0, 0.05) is 11.6 Å². The molecule has 0 radical (unpaired) electrons. The highest BCUT2D eigenvalue weighted by Gasteiger charge is 2.55. The van der Waals surface area contributed by atoms with Gasteiger partial charge in [0.1, 0.15) is 5.92 Å². The highest BCUT2D eigenvalue weighted by Crippen LogP contribution is 2.47. The molecule has 2 heterocycles. The Balaban J connectivity index is 2.24. The lowest BCUT2D eigenvalue weighted by Gasteiger charge is -2.54. The molecule has 0 bridgehead atoms. The molecule has 2 N–H and O–H groups in total. The van der Waals surface area contributed by atoms with Crippen LogP contribution in [-0.2, 0) is 4.79 Å². The number of nitrogens with zero attached hydrogens (tertiary/aromatic N) is 1. The SMILES string of the molecule is CC(C)N1C(=O)c2ccccc2C(C(=O)O)C12CCNCC2. The van der Waals surface area contributed by atoms with E-state index in [2.05, 4.69) is 5.32 Å². The van der Waals surface area contributed by atoms with E-state index in [1.54, 1.807) is 18.2 Å². The molecular formula is C17H22N2O3. The van der Waals surface area contributed by atoms with E-state index >= 15 is 0 Å². The zero-order valence-corrected chi connectivity index (χ0v) is 13.0. The van der Waals surface area contributed by atoms with Gasteiger partial charge in [0.05, 0.1) is 5.54 Å².